The molecule has 6 nitrogen and oxygen atoms in total. The van der Waals surface area contributed by atoms with Crippen LogP contribution in [0.15, 0.2) is 60.8 Å². The van der Waals surface area contributed by atoms with Crippen LogP contribution >= 0.6 is 0 Å². The van der Waals surface area contributed by atoms with Gasteiger partial charge in [-0.15, -0.1) is 0 Å². The summed E-state index contributed by atoms with van der Waals surface area (Å²) in [5.41, 5.74) is 0. The van der Waals surface area contributed by atoms with E-state index < -0.39 is 6.10 Å². The van der Waals surface area contributed by atoms with Gasteiger partial charge in [0.05, 0.1) is 0 Å². The zero-order valence-electron chi connectivity index (χ0n) is 55.0. The summed E-state index contributed by atoms with van der Waals surface area (Å²) in [6.45, 7) is 6.58. The summed E-state index contributed by atoms with van der Waals surface area (Å²) < 4.78 is 17.0. The third-order valence-corrected chi connectivity index (χ3v) is 16.3. The fourth-order valence-corrected chi connectivity index (χ4v) is 10.8. The van der Waals surface area contributed by atoms with E-state index in [0.29, 0.717) is 19.3 Å². The van der Waals surface area contributed by atoms with E-state index in [-0.39, 0.29) is 31.1 Å². The van der Waals surface area contributed by atoms with Crippen LogP contribution in [-0.4, -0.2) is 37.2 Å². The minimum Gasteiger partial charge on any atom is -0.462 e. The Balaban J connectivity index is 4.19. The van der Waals surface area contributed by atoms with E-state index in [9.17, 15) is 14.4 Å². The number of rotatable bonds is 67. The van der Waals surface area contributed by atoms with Gasteiger partial charge in [0.2, 0.25) is 0 Å². The van der Waals surface area contributed by atoms with E-state index in [1.54, 1.807) is 0 Å². The van der Waals surface area contributed by atoms with E-state index in [1.165, 1.54) is 257 Å². The summed E-state index contributed by atoms with van der Waals surface area (Å²) in [5, 5.41) is 0. The van der Waals surface area contributed by atoms with Gasteiger partial charge in [-0.25, -0.2) is 0 Å². The first-order valence-electron chi connectivity index (χ1n) is 36.3. The van der Waals surface area contributed by atoms with Gasteiger partial charge in [-0.1, -0.05) is 345 Å². The van der Waals surface area contributed by atoms with Crippen molar-refractivity contribution >= 4 is 17.9 Å². The van der Waals surface area contributed by atoms with E-state index in [0.717, 1.165) is 89.9 Å². The van der Waals surface area contributed by atoms with Crippen LogP contribution in [-0.2, 0) is 28.6 Å². The Bertz CT molecular complexity index is 1460. The second-order valence-corrected chi connectivity index (χ2v) is 24.5. The smallest absolute Gasteiger partial charge is 0.306 e. The van der Waals surface area contributed by atoms with Crippen molar-refractivity contribution in [3.63, 3.8) is 0 Å². The lowest BCUT2D eigenvalue weighted by atomic mass is 10.0. The summed E-state index contributed by atoms with van der Waals surface area (Å²) in [7, 11) is 0. The van der Waals surface area contributed by atoms with Gasteiger partial charge in [0.1, 0.15) is 13.2 Å². The Morgan fingerprint density at radius 3 is 0.744 bits per heavy atom. The van der Waals surface area contributed by atoms with Gasteiger partial charge >= 0.3 is 17.9 Å². The zero-order valence-corrected chi connectivity index (χ0v) is 55.0. The van der Waals surface area contributed by atoms with Gasteiger partial charge in [-0.2, -0.15) is 0 Å². The van der Waals surface area contributed by atoms with Crippen LogP contribution < -0.4 is 0 Å². The van der Waals surface area contributed by atoms with Crippen molar-refractivity contribution in [2.24, 2.45) is 0 Å². The van der Waals surface area contributed by atoms with Crippen molar-refractivity contribution in [2.45, 2.75) is 393 Å². The molecule has 0 rings (SSSR count). The number of carbonyl (C=O) groups excluding carboxylic acids is 3. The van der Waals surface area contributed by atoms with Crippen molar-refractivity contribution < 1.29 is 28.6 Å². The highest BCUT2D eigenvalue weighted by Gasteiger charge is 2.19. The van der Waals surface area contributed by atoms with Gasteiger partial charge in [-0.05, 0) is 83.5 Å². The Labute approximate surface area is 510 Å². The lowest BCUT2D eigenvalue weighted by Gasteiger charge is -2.18. The minimum absolute atomic E-state index is 0.0729. The molecule has 0 aromatic rings. The summed E-state index contributed by atoms with van der Waals surface area (Å²) >= 11 is 0. The zero-order chi connectivity index (χ0) is 59.2. The van der Waals surface area contributed by atoms with E-state index in [1.807, 2.05) is 0 Å². The molecule has 0 aromatic heterocycles. The van der Waals surface area contributed by atoms with Gasteiger partial charge in [-0.3, -0.25) is 14.4 Å². The molecule has 6 heteroatoms. The molecule has 478 valence electrons. The summed E-state index contributed by atoms with van der Waals surface area (Å²) in [6, 6.07) is 0. The molecular formula is C76H138O6. The van der Waals surface area contributed by atoms with E-state index >= 15 is 0 Å². The van der Waals surface area contributed by atoms with Crippen LogP contribution in [0, 0.1) is 0 Å². The van der Waals surface area contributed by atoms with Crippen LogP contribution in [0.3, 0.4) is 0 Å². The Hall–Kier alpha value is -2.89. The molecule has 0 aliphatic rings. The van der Waals surface area contributed by atoms with Crippen molar-refractivity contribution in [2.75, 3.05) is 13.2 Å². The molecule has 0 aliphatic carbocycles. The lowest BCUT2D eigenvalue weighted by molar-refractivity contribution is -0.167. The van der Waals surface area contributed by atoms with Crippen LogP contribution in [0.2, 0.25) is 0 Å². The summed E-state index contributed by atoms with van der Waals surface area (Å²) in [5.74, 6) is -0.856. The van der Waals surface area contributed by atoms with Crippen molar-refractivity contribution in [1.29, 1.82) is 0 Å². The maximum atomic E-state index is 12.9. The van der Waals surface area contributed by atoms with E-state index in [4.69, 9.17) is 14.2 Å². The summed E-state index contributed by atoms with van der Waals surface area (Å²) in [6.07, 6.45) is 91.2. The number of hydrogen-bond acceptors (Lipinski definition) is 6. The van der Waals surface area contributed by atoms with Gasteiger partial charge in [0, 0.05) is 19.3 Å². The molecule has 0 bridgehead atoms. The van der Waals surface area contributed by atoms with Crippen molar-refractivity contribution in [3.8, 4) is 0 Å². The molecular weight excluding hydrogens is 1010 g/mol. The fourth-order valence-electron chi connectivity index (χ4n) is 10.8. The SMILES string of the molecule is CC/C=C\C/C=C\C/C=C\CCCCCCCCCC(=O)OC(COC(=O)CCCCCCCCCCCCCCCCCC)COC(=O)CCCCCCCCCCCCCCCCCCCCC/C=C\C/C=C\CCCCCCC. The largest absolute Gasteiger partial charge is 0.462 e. The molecule has 0 heterocycles. The monoisotopic (exact) mass is 1150 g/mol. The highest BCUT2D eigenvalue weighted by Crippen LogP contribution is 2.18. The first kappa shape index (κ1) is 79.1. The number of hydrogen-bond donors (Lipinski definition) is 0. The predicted octanol–water partition coefficient (Wildman–Crippen LogP) is 25.1. The van der Waals surface area contributed by atoms with Gasteiger partial charge in [0.15, 0.2) is 6.10 Å². The topological polar surface area (TPSA) is 78.9 Å². The normalized spacial score (nSPS) is 12.4. The maximum absolute atomic E-state index is 12.9. The number of allylic oxidation sites excluding steroid dienone is 10. The fraction of sp³-hybridized carbons (Fsp3) is 0.829. The average molecular weight is 1150 g/mol. The second kappa shape index (κ2) is 70.6. The molecule has 1 unspecified atom stereocenters. The average Bonchev–Trinajstić information content (AvgIpc) is 3.47. The standard InChI is InChI=1S/C76H138O6/c1-4-7-10-13-16-19-22-25-28-31-32-33-34-35-36-37-38-39-40-41-42-43-44-46-48-51-54-57-60-63-66-69-75(78)81-72-73(71-80-74(77)68-65-62-59-56-53-50-47-30-27-24-21-18-15-12-9-6-3)82-76(79)70-67-64-61-58-55-52-49-45-29-26-23-20-17-14-11-8-5-2/h8,11,17,20,22,25-26,29,31-32,73H,4-7,9-10,12-16,18-19,21,23-24,27-28,30,33-72H2,1-3H3/b11-8-,20-17-,25-22-,29-26-,32-31-. The van der Waals surface area contributed by atoms with Crippen molar-refractivity contribution in [3.05, 3.63) is 60.8 Å². The van der Waals surface area contributed by atoms with Crippen LogP contribution in [0.1, 0.15) is 387 Å². The van der Waals surface area contributed by atoms with Crippen LogP contribution in [0.25, 0.3) is 0 Å². The molecule has 1 atom stereocenters. The lowest BCUT2D eigenvalue weighted by Crippen LogP contribution is -2.30. The van der Waals surface area contributed by atoms with Crippen molar-refractivity contribution in [1.82, 2.24) is 0 Å². The molecule has 0 fully saturated rings. The number of esters is 3. The molecule has 0 spiro atoms. The molecule has 0 aromatic carbocycles. The summed E-state index contributed by atoms with van der Waals surface area (Å²) in [4.78, 5) is 38.5. The Kier molecular flexibility index (Phi) is 68.1. The molecule has 0 saturated heterocycles. The molecule has 0 N–H and O–H groups in total. The molecule has 0 radical (unpaired) electrons. The predicted molar refractivity (Wildman–Crippen MR) is 358 cm³/mol. The number of unbranched alkanes of at least 4 members (excludes halogenated alkanes) is 46. The second-order valence-electron chi connectivity index (χ2n) is 24.5. The highest BCUT2D eigenvalue weighted by molar-refractivity contribution is 5.71. The van der Waals surface area contributed by atoms with Crippen LogP contribution in [0.4, 0.5) is 0 Å². The Morgan fingerprint density at radius 1 is 0.256 bits per heavy atom. The minimum atomic E-state index is -0.778. The third-order valence-electron chi connectivity index (χ3n) is 16.3. The highest BCUT2D eigenvalue weighted by atomic mass is 16.6. The molecule has 0 amide bonds. The maximum Gasteiger partial charge on any atom is 0.306 e. The first-order valence-corrected chi connectivity index (χ1v) is 36.3. The quantitative estimate of drug-likeness (QED) is 0.0261. The van der Waals surface area contributed by atoms with Crippen LogP contribution in [0.5, 0.6) is 0 Å². The third kappa shape index (κ3) is 67.9. The Morgan fingerprint density at radius 2 is 0.476 bits per heavy atom. The molecule has 82 heavy (non-hydrogen) atoms. The number of carbonyl (C=O) groups is 3. The van der Waals surface area contributed by atoms with Gasteiger partial charge < -0.3 is 14.2 Å². The molecule has 0 aliphatic heterocycles. The number of ether oxygens (including phenoxy) is 3. The van der Waals surface area contributed by atoms with Gasteiger partial charge in [0.25, 0.3) is 0 Å². The first-order chi connectivity index (χ1) is 40.5. The molecule has 0 saturated carbocycles. The van der Waals surface area contributed by atoms with E-state index in [2.05, 4.69) is 81.5 Å².